The van der Waals surface area contributed by atoms with Crippen LogP contribution in [0, 0.1) is 6.92 Å². The number of hydrogen-bond donors (Lipinski definition) is 1. The maximum Gasteiger partial charge on any atom is 0.256 e. The first-order valence-electron chi connectivity index (χ1n) is 6.34. The average molecular weight is 259 g/mol. The molecule has 0 unspecified atom stereocenters. The summed E-state index contributed by atoms with van der Waals surface area (Å²) in [6.07, 6.45) is 4.96. The maximum atomic E-state index is 12.1. The molecule has 1 N–H and O–H groups in total. The number of rotatable bonds is 5. The van der Waals surface area contributed by atoms with Crippen molar-refractivity contribution in [2.75, 3.05) is 6.54 Å². The Morgan fingerprint density at radius 2 is 2.11 bits per heavy atom. The second kappa shape index (κ2) is 6.13. The van der Waals surface area contributed by atoms with Gasteiger partial charge in [0.15, 0.2) is 0 Å². The van der Waals surface area contributed by atoms with Gasteiger partial charge in [0, 0.05) is 18.9 Å². The van der Waals surface area contributed by atoms with Gasteiger partial charge in [0.1, 0.15) is 11.3 Å². The summed E-state index contributed by atoms with van der Waals surface area (Å²) in [5, 5.41) is 6.77. The molecule has 0 atom stereocenters. The number of carbonyl (C=O) groups is 1. The molecule has 2 aromatic rings. The standard InChI is InChI=1S/C14H17N3O2/c1-3-12-13(10(2)19-17-12)14(18)16-9-6-11-4-7-15-8-5-11/h4-5,7-8H,3,6,9H2,1-2H3,(H,16,18). The summed E-state index contributed by atoms with van der Waals surface area (Å²) in [7, 11) is 0. The molecule has 0 aliphatic rings. The van der Waals surface area contributed by atoms with E-state index < -0.39 is 0 Å². The quantitative estimate of drug-likeness (QED) is 0.890. The largest absolute Gasteiger partial charge is 0.361 e. The molecule has 0 spiro atoms. The summed E-state index contributed by atoms with van der Waals surface area (Å²) in [6, 6.07) is 3.88. The molecule has 2 aromatic heterocycles. The lowest BCUT2D eigenvalue weighted by Gasteiger charge is -2.05. The highest BCUT2D eigenvalue weighted by molar-refractivity contribution is 5.96. The van der Waals surface area contributed by atoms with E-state index in [1.807, 2.05) is 19.1 Å². The Hall–Kier alpha value is -2.17. The molecular formula is C14H17N3O2. The molecule has 100 valence electrons. The van der Waals surface area contributed by atoms with Crippen molar-refractivity contribution >= 4 is 5.91 Å². The number of carbonyl (C=O) groups excluding carboxylic acids is 1. The number of pyridine rings is 1. The van der Waals surface area contributed by atoms with Gasteiger partial charge in [-0.15, -0.1) is 0 Å². The van der Waals surface area contributed by atoms with E-state index >= 15 is 0 Å². The summed E-state index contributed by atoms with van der Waals surface area (Å²) in [4.78, 5) is 16.0. The van der Waals surface area contributed by atoms with Gasteiger partial charge in [0.05, 0.1) is 5.69 Å². The number of nitrogens with zero attached hydrogens (tertiary/aromatic N) is 2. The second-order valence-electron chi connectivity index (χ2n) is 4.28. The lowest BCUT2D eigenvalue weighted by Crippen LogP contribution is -2.26. The summed E-state index contributed by atoms with van der Waals surface area (Å²) < 4.78 is 5.05. The van der Waals surface area contributed by atoms with Gasteiger partial charge in [0.25, 0.3) is 5.91 Å². The van der Waals surface area contributed by atoms with Gasteiger partial charge in [-0.05, 0) is 37.5 Å². The van der Waals surface area contributed by atoms with Crippen molar-refractivity contribution < 1.29 is 9.32 Å². The summed E-state index contributed by atoms with van der Waals surface area (Å²) >= 11 is 0. The number of aromatic nitrogens is 2. The zero-order valence-electron chi connectivity index (χ0n) is 11.1. The van der Waals surface area contributed by atoms with E-state index in [1.54, 1.807) is 19.3 Å². The summed E-state index contributed by atoms with van der Waals surface area (Å²) in [5.74, 6) is 0.447. The molecule has 0 saturated heterocycles. The highest BCUT2D eigenvalue weighted by atomic mass is 16.5. The van der Waals surface area contributed by atoms with Crippen LogP contribution in [0.25, 0.3) is 0 Å². The van der Waals surface area contributed by atoms with E-state index in [1.165, 1.54) is 0 Å². The Labute approximate surface area is 112 Å². The third-order valence-electron chi connectivity index (χ3n) is 2.94. The Balaban J connectivity index is 1.93. The molecule has 0 radical (unpaired) electrons. The van der Waals surface area contributed by atoms with Gasteiger partial charge in [0.2, 0.25) is 0 Å². The van der Waals surface area contributed by atoms with Crippen molar-refractivity contribution in [3.05, 3.63) is 47.1 Å². The predicted molar refractivity (Wildman–Crippen MR) is 70.9 cm³/mol. The number of hydrogen-bond acceptors (Lipinski definition) is 4. The van der Waals surface area contributed by atoms with Crippen molar-refractivity contribution in [3.63, 3.8) is 0 Å². The number of nitrogens with one attached hydrogen (secondary N) is 1. The lowest BCUT2D eigenvalue weighted by molar-refractivity contribution is 0.0952. The van der Waals surface area contributed by atoms with E-state index in [2.05, 4.69) is 15.5 Å². The van der Waals surface area contributed by atoms with Crippen LogP contribution in [-0.4, -0.2) is 22.6 Å². The third-order valence-corrected chi connectivity index (χ3v) is 2.94. The molecule has 0 aromatic carbocycles. The molecule has 0 fully saturated rings. The van der Waals surface area contributed by atoms with E-state index in [0.717, 1.165) is 12.0 Å². The van der Waals surface area contributed by atoms with Crippen LogP contribution >= 0.6 is 0 Å². The molecule has 19 heavy (non-hydrogen) atoms. The molecular weight excluding hydrogens is 242 g/mol. The Kier molecular flexibility index (Phi) is 4.28. The minimum atomic E-state index is -0.121. The third kappa shape index (κ3) is 3.19. The molecule has 5 heteroatoms. The molecule has 5 nitrogen and oxygen atoms in total. The Morgan fingerprint density at radius 3 is 2.79 bits per heavy atom. The van der Waals surface area contributed by atoms with Crippen LogP contribution in [0.4, 0.5) is 0 Å². The van der Waals surface area contributed by atoms with Crippen molar-refractivity contribution in [3.8, 4) is 0 Å². The lowest BCUT2D eigenvalue weighted by atomic mass is 10.1. The molecule has 2 rings (SSSR count). The fourth-order valence-corrected chi connectivity index (χ4v) is 1.91. The predicted octanol–water partition coefficient (Wildman–Crippen LogP) is 1.91. The summed E-state index contributed by atoms with van der Waals surface area (Å²) in [6.45, 7) is 4.28. The fourth-order valence-electron chi connectivity index (χ4n) is 1.91. The van der Waals surface area contributed by atoms with Crippen molar-refractivity contribution in [2.24, 2.45) is 0 Å². The molecule has 1 amide bonds. The number of aryl methyl sites for hydroxylation is 2. The van der Waals surface area contributed by atoms with Gasteiger partial charge in [-0.3, -0.25) is 9.78 Å². The van der Waals surface area contributed by atoms with Gasteiger partial charge in [-0.2, -0.15) is 0 Å². The smallest absolute Gasteiger partial charge is 0.256 e. The Bertz CT molecular complexity index is 549. The van der Waals surface area contributed by atoms with Gasteiger partial charge >= 0.3 is 0 Å². The van der Waals surface area contributed by atoms with Crippen LogP contribution in [0.5, 0.6) is 0 Å². The van der Waals surface area contributed by atoms with E-state index in [-0.39, 0.29) is 5.91 Å². The van der Waals surface area contributed by atoms with Gasteiger partial charge in [-0.25, -0.2) is 0 Å². The van der Waals surface area contributed by atoms with Crippen molar-refractivity contribution in [1.29, 1.82) is 0 Å². The maximum absolute atomic E-state index is 12.1. The van der Waals surface area contributed by atoms with E-state index in [9.17, 15) is 4.79 Å². The van der Waals surface area contributed by atoms with E-state index in [4.69, 9.17) is 4.52 Å². The highest BCUT2D eigenvalue weighted by Gasteiger charge is 2.18. The second-order valence-corrected chi connectivity index (χ2v) is 4.28. The van der Waals surface area contributed by atoms with Gasteiger partial charge in [-0.1, -0.05) is 12.1 Å². The number of amides is 1. The van der Waals surface area contributed by atoms with Crippen LogP contribution in [-0.2, 0) is 12.8 Å². The Morgan fingerprint density at radius 1 is 1.37 bits per heavy atom. The first-order chi connectivity index (χ1) is 9.22. The van der Waals surface area contributed by atoms with Crippen molar-refractivity contribution in [2.45, 2.75) is 26.7 Å². The molecule has 2 heterocycles. The van der Waals surface area contributed by atoms with Crippen LogP contribution in [0.3, 0.4) is 0 Å². The minimum Gasteiger partial charge on any atom is -0.361 e. The molecule has 0 aliphatic carbocycles. The van der Waals surface area contributed by atoms with Crippen LogP contribution in [0.1, 0.15) is 34.3 Å². The monoisotopic (exact) mass is 259 g/mol. The first kappa shape index (κ1) is 13.3. The minimum absolute atomic E-state index is 0.121. The zero-order chi connectivity index (χ0) is 13.7. The molecule has 0 saturated carbocycles. The normalized spacial score (nSPS) is 10.4. The molecule has 0 aliphatic heterocycles. The van der Waals surface area contributed by atoms with Crippen LogP contribution < -0.4 is 5.32 Å². The topological polar surface area (TPSA) is 68.0 Å². The fraction of sp³-hybridized carbons (Fsp3) is 0.357. The van der Waals surface area contributed by atoms with E-state index in [0.29, 0.717) is 30.0 Å². The summed E-state index contributed by atoms with van der Waals surface area (Å²) in [5.41, 5.74) is 2.42. The average Bonchev–Trinajstić information content (AvgIpc) is 2.81. The highest BCUT2D eigenvalue weighted by Crippen LogP contribution is 2.13. The molecule has 0 bridgehead atoms. The van der Waals surface area contributed by atoms with Gasteiger partial charge < -0.3 is 9.84 Å². The zero-order valence-corrected chi connectivity index (χ0v) is 11.1. The van der Waals surface area contributed by atoms with Crippen LogP contribution in [0.15, 0.2) is 29.0 Å². The van der Waals surface area contributed by atoms with Crippen LogP contribution in [0.2, 0.25) is 0 Å². The first-order valence-corrected chi connectivity index (χ1v) is 6.34. The van der Waals surface area contributed by atoms with Crippen molar-refractivity contribution in [1.82, 2.24) is 15.5 Å². The SMILES string of the molecule is CCc1noc(C)c1C(=O)NCCc1ccncc1.